The van der Waals surface area contributed by atoms with E-state index in [1.807, 2.05) is 0 Å². The number of alkyl carbamates (subject to hydrolysis) is 1. The zero-order valence-electron chi connectivity index (χ0n) is 8.41. The Balaban J connectivity index is 2.51. The molecule has 0 saturated carbocycles. The summed E-state index contributed by atoms with van der Waals surface area (Å²) >= 11 is 0. The fraction of sp³-hybridized carbons (Fsp3) is 0.778. The number of nitrogens with one attached hydrogen (secondary N) is 1. The highest BCUT2D eigenvalue weighted by Gasteiger charge is 2.33. The molecule has 0 aromatic carbocycles. The first-order valence-electron chi connectivity index (χ1n) is 4.64. The van der Waals surface area contributed by atoms with Crippen molar-refractivity contribution in [2.24, 2.45) is 5.92 Å². The van der Waals surface area contributed by atoms with Gasteiger partial charge in [-0.15, -0.1) is 0 Å². The van der Waals surface area contributed by atoms with Crippen molar-refractivity contribution in [2.75, 3.05) is 20.3 Å². The summed E-state index contributed by atoms with van der Waals surface area (Å²) in [6.45, 7) is 2.83. The van der Waals surface area contributed by atoms with Gasteiger partial charge in [0.2, 0.25) is 0 Å². The van der Waals surface area contributed by atoms with E-state index in [-0.39, 0.29) is 11.7 Å². The Morgan fingerprint density at radius 3 is 2.57 bits per heavy atom. The van der Waals surface area contributed by atoms with E-state index in [0.29, 0.717) is 19.6 Å². The number of hydrogen-bond donors (Lipinski definition) is 1. The fourth-order valence-corrected chi connectivity index (χ4v) is 1.31. The van der Waals surface area contributed by atoms with Crippen LogP contribution in [0.2, 0.25) is 0 Å². The number of ketones is 1. The SMILES string of the molecule is CCC(=O)C(NC(=O)OC)C1COC1. The van der Waals surface area contributed by atoms with Crippen molar-refractivity contribution >= 4 is 11.9 Å². The van der Waals surface area contributed by atoms with Crippen LogP contribution in [0.3, 0.4) is 0 Å². The first-order valence-corrected chi connectivity index (χ1v) is 4.64. The molecule has 5 heteroatoms. The summed E-state index contributed by atoms with van der Waals surface area (Å²) < 4.78 is 9.43. The molecule has 1 atom stereocenters. The van der Waals surface area contributed by atoms with Crippen molar-refractivity contribution in [3.05, 3.63) is 0 Å². The Bertz CT molecular complexity index is 225. The Kier molecular flexibility index (Phi) is 3.88. The maximum atomic E-state index is 11.5. The summed E-state index contributed by atoms with van der Waals surface area (Å²) in [6.07, 6.45) is -0.158. The number of hydrogen-bond acceptors (Lipinski definition) is 4. The fourth-order valence-electron chi connectivity index (χ4n) is 1.31. The minimum Gasteiger partial charge on any atom is -0.453 e. The normalized spacial score (nSPS) is 18.1. The van der Waals surface area contributed by atoms with Crippen LogP contribution < -0.4 is 5.32 Å². The molecule has 0 aromatic heterocycles. The van der Waals surface area contributed by atoms with Gasteiger partial charge in [-0.05, 0) is 0 Å². The molecule has 0 bridgehead atoms. The van der Waals surface area contributed by atoms with Crippen LogP contribution in [0.25, 0.3) is 0 Å². The summed E-state index contributed by atoms with van der Waals surface area (Å²) in [6, 6.07) is -0.457. The second kappa shape index (κ2) is 4.95. The van der Waals surface area contributed by atoms with Gasteiger partial charge in [0.25, 0.3) is 0 Å². The minimum absolute atomic E-state index is 0.0173. The highest BCUT2D eigenvalue weighted by molar-refractivity contribution is 5.87. The van der Waals surface area contributed by atoms with Gasteiger partial charge in [-0.2, -0.15) is 0 Å². The number of Topliss-reactive ketones (excluding diaryl/α,β-unsaturated/α-hetero) is 1. The number of methoxy groups -OCH3 is 1. The molecule has 1 fully saturated rings. The van der Waals surface area contributed by atoms with Crippen LogP contribution in [0, 0.1) is 5.92 Å². The van der Waals surface area contributed by atoms with Crippen LogP contribution in [-0.2, 0) is 14.3 Å². The minimum atomic E-state index is -0.566. The molecule has 0 aromatic rings. The maximum absolute atomic E-state index is 11.5. The summed E-state index contributed by atoms with van der Waals surface area (Å²) in [7, 11) is 1.28. The van der Waals surface area contributed by atoms with E-state index in [1.54, 1.807) is 6.92 Å². The van der Waals surface area contributed by atoms with E-state index in [0.717, 1.165) is 0 Å². The molecule has 0 aliphatic carbocycles. The Morgan fingerprint density at radius 2 is 2.21 bits per heavy atom. The first kappa shape index (κ1) is 11.0. The van der Waals surface area contributed by atoms with Crippen LogP contribution in [0.5, 0.6) is 0 Å². The first-order chi connectivity index (χ1) is 6.69. The topological polar surface area (TPSA) is 64.6 Å². The van der Waals surface area contributed by atoms with Gasteiger partial charge in [-0.25, -0.2) is 4.79 Å². The number of carbonyl (C=O) groups excluding carboxylic acids is 2. The molecule has 14 heavy (non-hydrogen) atoms. The maximum Gasteiger partial charge on any atom is 0.407 e. The van der Waals surface area contributed by atoms with E-state index in [9.17, 15) is 9.59 Å². The van der Waals surface area contributed by atoms with Crippen LogP contribution in [0.4, 0.5) is 4.79 Å². The molecule has 0 radical (unpaired) electrons. The van der Waals surface area contributed by atoms with Crippen LogP contribution in [0.1, 0.15) is 13.3 Å². The highest BCUT2D eigenvalue weighted by atomic mass is 16.5. The molecular formula is C9H15NO4. The molecule has 1 unspecified atom stereocenters. The third-order valence-corrected chi connectivity index (χ3v) is 2.29. The zero-order valence-corrected chi connectivity index (χ0v) is 8.41. The van der Waals surface area contributed by atoms with Crippen molar-refractivity contribution in [1.29, 1.82) is 0 Å². The largest absolute Gasteiger partial charge is 0.453 e. The number of rotatable bonds is 4. The second-order valence-electron chi connectivity index (χ2n) is 3.23. The van der Waals surface area contributed by atoms with E-state index in [2.05, 4.69) is 10.1 Å². The van der Waals surface area contributed by atoms with Gasteiger partial charge in [0, 0.05) is 12.3 Å². The van der Waals surface area contributed by atoms with E-state index < -0.39 is 12.1 Å². The van der Waals surface area contributed by atoms with E-state index in [1.165, 1.54) is 7.11 Å². The van der Waals surface area contributed by atoms with Crippen LogP contribution in [0.15, 0.2) is 0 Å². The standard InChI is InChI=1S/C9H15NO4/c1-3-7(11)8(6-4-14-5-6)10-9(12)13-2/h6,8H,3-5H2,1-2H3,(H,10,12). The molecule has 5 nitrogen and oxygen atoms in total. The molecule has 1 aliphatic heterocycles. The Labute approximate surface area is 82.8 Å². The van der Waals surface area contributed by atoms with Gasteiger partial charge in [-0.3, -0.25) is 4.79 Å². The number of ether oxygens (including phenoxy) is 2. The molecule has 1 heterocycles. The molecule has 1 amide bonds. The highest BCUT2D eigenvalue weighted by Crippen LogP contribution is 2.16. The predicted octanol–water partition coefficient (Wildman–Crippen LogP) is 0.337. The summed E-state index contributed by atoms with van der Waals surface area (Å²) in [4.78, 5) is 22.4. The van der Waals surface area contributed by atoms with Crippen molar-refractivity contribution in [1.82, 2.24) is 5.32 Å². The third kappa shape index (κ3) is 2.45. The zero-order chi connectivity index (χ0) is 10.6. The average Bonchev–Trinajstić information content (AvgIpc) is 2.12. The van der Waals surface area contributed by atoms with Gasteiger partial charge >= 0.3 is 6.09 Å². The molecule has 1 saturated heterocycles. The lowest BCUT2D eigenvalue weighted by molar-refractivity contribution is -0.128. The van der Waals surface area contributed by atoms with Crippen LogP contribution in [-0.4, -0.2) is 38.2 Å². The van der Waals surface area contributed by atoms with Crippen molar-refractivity contribution < 1.29 is 19.1 Å². The summed E-state index contributed by atoms with van der Waals surface area (Å²) in [5, 5.41) is 2.53. The lowest BCUT2D eigenvalue weighted by Gasteiger charge is -2.32. The predicted molar refractivity (Wildman–Crippen MR) is 48.9 cm³/mol. The second-order valence-corrected chi connectivity index (χ2v) is 3.23. The van der Waals surface area contributed by atoms with Gasteiger partial charge in [0.15, 0.2) is 5.78 Å². The monoisotopic (exact) mass is 201 g/mol. The van der Waals surface area contributed by atoms with Crippen LogP contribution >= 0.6 is 0 Å². The molecule has 80 valence electrons. The average molecular weight is 201 g/mol. The van der Waals surface area contributed by atoms with Gasteiger partial charge in [0.05, 0.1) is 26.4 Å². The number of carbonyl (C=O) groups is 2. The quantitative estimate of drug-likeness (QED) is 0.712. The van der Waals surface area contributed by atoms with Crippen molar-refractivity contribution in [2.45, 2.75) is 19.4 Å². The smallest absolute Gasteiger partial charge is 0.407 e. The molecule has 1 aliphatic rings. The third-order valence-electron chi connectivity index (χ3n) is 2.29. The van der Waals surface area contributed by atoms with Gasteiger partial charge in [0.1, 0.15) is 0 Å². The number of amides is 1. The van der Waals surface area contributed by atoms with E-state index >= 15 is 0 Å². The van der Waals surface area contributed by atoms with Crippen molar-refractivity contribution in [3.8, 4) is 0 Å². The summed E-state index contributed by atoms with van der Waals surface area (Å²) in [5.74, 6) is 0.116. The molecular weight excluding hydrogens is 186 g/mol. The van der Waals surface area contributed by atoms with Gasteiger partial charge in [-0.1, -0.05) is 6.92 Å². The Hall–Kier alpha value is -1.10. The molecule has 1 rings (SSSR count). The lowest BCUT2D eigenvalue weighted by Crippen LogP contribution is -2.52. The molecule has 0 spiro atoms. The molecule has 1 N–H and O–H groups in total. The summed E-state index contributed by atoms with van der Waals surface area (Å²) in [5.41, 5.74) is 0. The van der Waals surface area contributed by atoms with E-state index in [4.69, 9.17) is 4.74 Å². The van der Waals surface area contributed by atoms with Crippen molar-refractivity contribution in [3.63, 3.8) is 0 Å². The lowest BCUT2D eigenvalue weighted by atomic mass is 9.93. The van der Waals surface area contributed by atoms with Gasteiger partial charge < -0.3 is 14.8 Å². The Morgan fingerprint density at radius 1 is 1.57 bits per heavy atom.